The fourth-order valence-electron chi connectivity index (χ4n) is 1.72. The molecular formula is C12H16N2O3S. The summed E-state index contributed by atoms with van der Waals surface area (Å²) in [5.74, 6) is 0.494. The van der Waals surface area contributed by atoms with E-state index in [1.165, 1.54) is 0 Å². The molecule has 0 aliphatic heterocycles. The van der Waals surface area contributed by atoms with Crippen molar-refractivity contribution in [2.75, 3.05) is 5.75 Å². The van der Waals surface area contributed by atoms with Gasteiger partial charge in [0.25, 0.3) is 0 Å². The number of hydrogen-bond acceptors (Lipinski definition) is 4. The van der Waals surface area contributed by atoms with E-state index in [1.54, 1.807) is 13.0 Å². The van der Waals surface area contributed by atoms with Gasteiger partial charge in [-0.3, -0.25) is 0 Å². The lowest BCUT2D eigenvalue weighted by molar-refractivity contribution is 0.467. The van der Waals surface area contributed by atoms with Crippen LogP contribution in [0.15, 0.2) is 28.7 Å². The Morgan fingerprint density at radius 2 is 2.11 bits per heavy atom. The molecule has 0 spiro atoms. The third-order valence-corrected chi connectivity index (χ3v) is 4.17. The number of nitrogens with one attached hydrogen (secondary N) is 1. The summed E-state index contributed by atoms with van der Waals surface area (Å²) in [6, 6.07) is 6.88. The standard InChI is InChI=1S/C12H16N2O3S/c1-3-8-18(15,16)14-9(2)12-13-10-6-4-5-7-11(10)17-12/h4-7,9,14H,3,8H2,1-2H3. The monoisotopic (exact) mass is 268 g/mol. The Labute approximate surface area is 106 Å². The van der Waals surface area contributed by atoms with E-state index < -0.39 is 16.1 Å². The molecule has 0 aliphatic rings. The molecule has 1 aromatic heterocycles. The molecule has 1 aromatic carbocycles. The van der Waals surface area contributed by atoms with Crippen LogP contribution in [0.4, 0.5) is 0 Å². The van der Waals surface area contributed by atoms with E-state index in [-0.39, 0.29) is 5.75 Å². The Bertz CT molecular complexity index is 601. The fraction of sp³-hybridized carbons (Fsp3) is 0.417. The molecule has 1 atom stereocenters. The summed E-state index contributed by atoms with van der Waals surface area (Å²) >= 11 is 0. The van der Waals surface area contributed by atoms with Crippen LogP contribution in [0.25, 0.3) is 11.1 Å². The van der Waals surface area contributed by atoms with Crippen molar-refractivity contribution in [3.63, 3.8) is 0 Å². The summed E-state index contributed by atoms with van der Waals surface area (Å²) in [6.45, 7) is 3.54. The predicted molar refractivity (Wildman–Crippen MR) is 69.6 cm³/mol. The number of aromatic nitrogens is 1. The van der Waals surface area contributed by atoms with Crippen LogP contribution in [0.1, 0.15) is 32.2 Å². The quantitative estimate of drug-likeness (QED) is 0.902. The summed E-state index contributed by atoms with van der Waals surface area (Å²) in [5.41, 5.74) is 1.39. The Balaban J connectivity index is 2.21. The summed E-state index contributed by atoms with van der Waals surface area (Å²) in [7, 11) is -3.27. The highest BCUT2D eigenvalue weighted by Crippen LogP contribution is 2.20. The molecule has 1 N–H and O–H groups in total. The number of oxazole rings is 1. The third kappa shape index (κ3) is 2.88. The van der Waals surface area contributed by atoms with Crippen LogP contribution in [-0.4, -0.2) is 19.2 Å². The molecular weight excluding hydrogens is 252 g/mol. The maximum atomic E-state index is 11.6. The second-order valence-electron chi connectivity index (χ2n) is 4.18. The molecule has 1 unspecified atom stereocenters. The zero-order valence-corrected chi connectivity index (χ0v) is 11.2. The van der Waals surface area contributed by atoms with Gasteiger partial charge < -0.3 is 4.42 Å². The lowest BCUT2D eigenvalue weighted by atomic mass is 10.3. The van der Waals surface area contributed by atoms with Crippen LogP contribution >= 0.6 is 0 Å². The minimum Gasteiger partial charge on any atom is -0.439 e. The lowest BCUT2D eigenvalue weighted by Gasteiger charge is -2.09. The van der Waals surface area contributed by atoms with Gasteiger partial charge in [-0.1, -0.05) is 19.1 Å². The molecule has 1 heterocycles. The smallest absolute Gasteiger partial charge is 0.213 e. The van der Waals surface area contributed by atoms with E-state index in [0.29, 0.717) is 17.9 Å². The molecule has 6 heteroatoms. The normalized spacial score (nSPS) is 13.9. The van der Waals surface area contributed by atoms with Gasteiger partial charge >= 0.3 is 0 Å². The van der Waals surface area contributed by atoms with Crippen molar-refractivity contribution in [3.8, 4) is 0 Å². The first-order valence-corrected chi connectivity index (χ1v) is 7.52. The van der Waals surface area contributed by atoms with Crippen LogP contribution in [0.5, 0.6) is 0 Å². The molecule has 0 aliphatic carbocycles. The molecule has 0 bridgehead atoms. The number of nitrogens with zero attached hydrogens (tertiary/aromatic N) is 1. The van der Waals surface area contributed by atoms with Gasteiger partial charge in [-0.15, -0.1) is 0 Å². The van der Waals surface area contributed by atoms with Crippen LogP contribution < -0.4 is 4.72 Å². The Morgan fingerprint density at radius 1 is 1.39 bits per heavy atom. The van der Waals surface area contributed by atoms with Crippen molar-refractivity contribution in [2.45, 2.75) is 26.3 Å². The van der Waals surface area contributed by atoms with Gasteiger partial charge in [0, 0.05) is 0 Å². The van der Waals surface area contributed by atoms with E-state index >= 15 is 0 Å². The molecule has 2 aromatic rings. The zero-order chi connectivity index (χ0) is 13.2. The average molecular weight is 268 g/mol. The Kier molecular flexibility index (Phi) is 3.68. The molecule has 0 saturated carbocycles. The van der Waals surface area contributed by atoms with E-state index in [1.807, 2.05) is 25.1 Å². The number of hydrogen-bond donors (Lipinski definition) is 1. The number of fused-ring (bicyclic) bond motifs is 1. The predicted octanol–water partition coefficient (Wildman–Crippen LogP) is 2.22. The van der Waals surface area contributed by atoms with E-state index in [9.17, 15) is 8.42 Å². The van der Waals surface area contributed by atoms with Crippen LogP contribution in [0, 0.1) is 0 Å². The minimum absolute atomic E-state index is 0.109. The third-order valence-electron chi connectivity index (χ3n) is 2.51. The van der Waals surface area contributed by atoms with E-state index in [2.05, 4.69) is 9.71 Å². The minimum atomic E-state index is -3.27. The highest BCUT2D eigenvalue weighted by atomic mass is 32.2. The van der Waals surface area contributed by atoms with Crippen molar-refractivity contribution in [2.24, 2.45) is 0 Å². The van der Waals surface area contributed by atoms with Gasteiger partial charge in [0.1, 0.15) is 5.52 Å². The first-order chi connectivity index (χ1) is 8.52. The fourth-order valence-corrected chi connectivity index (χ4v) is 3.02. The Morgan fingerprint density at radius 3 is 2.78 bits per heavy atom. The number of rotatable bonds is 5. The second kappa shape index (κ2) is 5.07. The van der Waals surface area contributed by atoms with E-state index in [0.717, 1.165) is 5.52 Å². The van der Waals surface area contributed by atoms with Crippen LogP contribution in [0.3, 0.4) is 0 Å². The first kappa shape index (κ1) is 13.0. The SMILES string of the molecule is CCCS(=O)(=O)NC(C)c1nc2ccccc2o1. The number of sulfonamides is 1. The van der Waals surface area contributed by atoms with Crippen LogP contribution in [0.2, 0.25) is 0 Å². The summed E-state index contributed by atoms with van der Waals surface area (Å²) < 4.78 is 31.4. The van der Waals surface area contributed by atoms with Gasteiger partial charge in [0.05, 0.1) is 11.8 Å². The van der Waals surface area contributed by atoms with Crippen molar-refractivity contribution in [3.05, 3.63) is 30.2 Å². The molecule has 5 nitrogen and oxygen atoms in total. The largest absolute Gasteiger partial charge is 0.439 e. The van der Waals surface area contributed by atoms with Crippen molar-refractivity contribution in [1.29, 1.82) is 0 Å². The number of benzene rings is 1. The van der Waals surface area contributed by atoms with Gasteiger partial charge in [-0.2, -0.15) is 0 Å². The summed E-state index contributed by atoms with van der Waals surface area (Å²) in [5, 5.41) is 0. The van der Waals surface area contributed by atoms with Gasteiger partial charge in [-0.25, -0.2) is 18.1 Å². The molecule has 0 saturated heterocycles. The highest BCUT2D eigenvalue weighted by Gasteiger charge is 2.19. The molecule has 18 heavy (non-hydrogen) atoms. The average Bonchev–Trinajstić information content (AvgIpc) is 2.71. The maximum absolute atomic E-state index is 11.6. The van der Waals surface area contributed by atoms with Crippen molar-refractivity contribution < 1.29 is 12.8 Å². The lowest BCUT2D eigenvalue weighted by Crippen LogP contribution is -2.29. The topological polar surface area (TPSA) is 72.2 Å². The first-order valence-electron chi connectivity index (χ1n) is 5.87. The van der Waals surface area contributed by atoms with Gasteiger partial charge in [0.2, 0.25) is 15.9 Å². The van der Waals surface area contributed by atoms with E-state index in [4.69, 9.17) is 4.42 Å². The van der Waals surface area contributed by atoms with Crippen molar-refractivity contribution in [1.82, 2.24) is 9.71 Å². The van der Waals surface area contributed by atoms with Crippen molar-refractivity contribution >= 4 is 21.1 Å². The molecule has 0 fully saturated rings. The second-order valence-corrected chi connectivity index (χ2v) is 6.05. The van der Waals surface area contributed by atoms with Gasteiger partial charge in [0.15, 0.2) is 5.58 Å². The maximum Gasteiger partial charge on any atom is 0.213 e. The highest BCUT2D eigenvalue weighted by molar-refractivity contribution is 7.89. The van der Waals surface area contributed by atoms with Gasteiger partial charge in [-0.05, 0) is 25.5 Å². The summed E-state index contributed by atoms with van der Waals surface area (Å²) in [4.78, 5) is 4.26. The molecule has 0 amide bonds. The number of para-hydroxylation sites is 2. The summed E-state index contributed by atoms with van der Waals surface area (Å²) in [6.07, 6.45) is 0.579. The molecule has 2 rings (SSSR count). The molecule has 98 valence electrons. The molecule has 0 radical (unpaired) electrons. The van der Waals surface area contributed by atoms with Crippen LogP contribution in [-0.2, 0) is 10.0 Å². The zero-order valence-electron chi connectivity index (χ0n) is 10.4. The Hall–Kier alpha value is -1.40.